The summed E-state index contributed by atoms with van der Waals surface area (Å²) in [5, 5.41) is 12.1. The number of hydrogen-bond donors (Lipinski definition) is 2. The largest absolute Gasteiger partial charge is 0.481 e. The van der Waals surface area contributed by atoms with Crippen LogP contribution in [0.5, 0.6) is 0 Å². The van der Waals surface area contributed by atoms with E-state index in [1.165, 1.54) is 0 Å². The van der Waals surface area contributed by atoms with E-state index in [9.17, 15) is 9.59 Å². The quantitative estimate of drug-likeness (QED) is 0.835. The molecule has 0 radical (unpaired) electrons. The molecular weight excluding hydrogens is 296 g/mol. The highest BCUT2D eigenvalue weighted by Gasteiger charge is 2.30. The van der Waals surface area contributed by atoms with Crippen LogP contribution in [0.25, 0.3) is 0 Å². The lowest BCUT2D eigenvalue weighted by Gasteiger charge is -2.36. The molecular formula is C17H30N2O4. The normalized spacial score (nSPS) is 26.8. The molecule has 2 amide bonds. The maximum atomic E-state index is 12.3. The summed E-state index contributed by atoms with van der Waals surface area (Å²) in [6.07, 6.45) is 4.79. The molecule has 0 aromatic heterocycles. The van der Waals surface area contributed by atoms with E-state index in [4.69, 9.17) is 9.84 Å². The van der Waals surface area contributed by atoms with Crippen LogP contribution in [0.1, 0.15) is 59.3 Å². The zero-order chi connectivity index (χ0) is 17.0. The number of hydrogen-bond acceptors (Lipinski definition) is 3. The number of urea groups is 1. The summed E-state index contributed by atoms with van der Waals surface area (Å²) in [6.45, 7) is 7.60. The lowest BCUT2D eigenvalue weighted by molar-refractivity contribution is -0.142. The number of nitrogens with one attached hydrogen (secondary N) is 1. The van der Waals surface area contributed by atoms with E-state index in [1.54, 1.807) is 0 Å². The molecule has 0 atom stereocenters. The second-order valence-electron chi connectivity index (χ2n) is 7.75. The maximum absolute atomic E-state index is 12.3. The number of piperidine rings is 1. The first-order valence-electron chi connectivity index (χ1n) is 8.70. The van der Waals surface area contributed by atoms with Crippen LogP contribution in [0.2, 0.25) is 0 Å². The Bertz CT molecular complexity index is 417. The highest BCUT2D eigenvalue weighted by molar-refractivity contribution is 5.74. The zero-order valence-corrected chi connectivity index (χ0v) is 14.5. The smallest absolute Gasteiger partial charge is 0.317 e. The molecule has 0 spiro atoms. The van der Waals surface area contributed by atoms with Gasteiger partial charge in [-0.05, 0) is 59.3 Å². The second kappa shape index (κ2) is 7.51. The molecule has 6 heteroatoms. The van der Waals surface area contributed by atoms with E-state index in [-0.39, 0.29) is 29.7 Å². The van der Waals surface area contributed by atoms with Gasteiger partial charge in [-0.3, -0.25) is 4.79 Å². The van der Waals surface area contributed by atoms with Crippen LogP contribution in [-0.4, -0.2) is 52.8 Å². The van der Waals surface area contributed by atoms with Crippen LogP contribution in [0.15, 0.2) is 0 Å². The zero-order valence-electron chi connectivity index (χ0n) is 14.5. The van der Waals surface area contributed by atoms with Crippen molar-refractivity contribution in [2.45, 2.75) is 77.0 Å². The van der Waals surface area contributed by atoms with E-state index in [2.05, 4.69) is 26.1 Å². The molecule has 1 heterocycles. The van der Waals surface area contributed by atoms with E-state index in [0.29, 0.717) is 12.8 Å². The van der Waals surface area contributed by atoms with Gasteiger partial charge in [0.05, 0.1) is 17.6 Å². The van der Waals surface area contributed by atoms with E-state index in [0.717, 1.165) is 38.8 Å². The Balaban J connectivity index is 1.70. The third kappa shape index (κ3) is 5.68. The lowest BCUT2D eigenvalue weighted by Crippen LogP contribution is -2.50. The number of ether oxygens (including phenoxy) is 1. The number of amides is 2. The summed E-state index contributed by atoms with van der Waals surface area (Å²) < 4.78 is 5.98. The highest BCUT2D eigenvalue weighted by atomic mass is 16.5. The van der Waals surface area contributed by atoms with Crippen molar-refractivity contribution in [3.05, 3.63) is 0 Å². The van der Waals surface area contributed by atoms with Gasteiger partial charge in [0.25, 0.3) is 0 Å². The number of rotatable bonds is 3. The van der Waals surface area contributed by atoms with E-state index in [1.807, 2.05) is 4.90 Å². The van der Waals surface area contributed by atoms with Crippen molar-refractivity contribution in [3.63, 3.8) is 0 Å². The van der Waals surface area contributed by atoms with Crippen molar-refractivity contribution in [2.75, 3.05) is 13.1 Å². The van der Waals surface area contributed by atoms with Crippen molar-refractivity contribution in [3.8, 4) is 0 Å². The Morgan fingerprint density at radius 3 is 2.09 bits per heavy atom. The van der Waals surface area contributed by atoms with Crippen LogP contribution in [0.3, 0.4) is 0 Å². The fourth-order valence-electron chi connectivity index (χ4n) is 3.43. The molecule has 1 saturated heterocycles. The fraction of sp³-hybridized carbons (Fsp3) is 0.882. The summed E-state index contributed by atoms with van der Waals surface area (Å²) in [5.74, 6) is -0.954. The van der Waals surface area contributed by atoms with Gasteiger partial charge in [0.1, 0.15) is 0 Å². The minimum atomic E-state index is -0.712. The minimum Gasteiger partial charge on any atom is -0.481 e. The monoisotopic (exact) mass is 326 g/mol. The fourth-order valence-corrected chi connectivity index (χ4v) is 3.43. The summed E-state index contributed by atoms with van der Waals surface area (Å²) in [6, 6.07) is 0.0969. The molecule has 0 bridgehead atoms. The van der Waals surface area contributed by atoms with Gasteiger partial charge in [0.15, 0.2) is 0 Å². The minimum absolute atomic E-state index is 0.0158. The Morgan fingerprint density at radius 1 is 1.04 bits per heavy atom. The predicted octanol–water partition coefficient (Wildman–Crippen LogP) is 2.62. The highest BCUT2D eigenvalue weighted by Crippen LogP contribution is 2.25. The van der Waals surface area contributed by atoms with Crippen LogP contribution < -0.4 is 5.32 Å². The third-order valence-electron chi connectivity index (χ3n) is 4.65. The molecule has 132 valence electrons. The van der Waals surface area contributed by atoms with Crippen molar-refractivity contribution in [2.24, 2.45) is 5.92 Å². The topological polar surface area (TPSA) is 78.9 Å². The molecule has 1 saturated carbocycles. The third-order valence-corrected chi connectivity index (χ3v) is 4.65. The molecule has 2 fully saturated rings. The standard InChI is InChI=1S/C17H30N2O4/c1-17(2,3)23-14-8-10-19(11-9-14)16(22)18-13-6-4-12(5-7-13)15(20)21/h12-14H,4-11H2,1-3H3,(H,18,22)(H,20,21). The Kier molecular flexibility index (Phi) is 5.89. The van der Waals surface area contributed by atoms with Gasteiger partial charge in [-0.15, -0.1) is 0 Å². The second-order valence-corrected chi connectivity index (χ2v) is 7.75. The van der Waals surface area contributed by atoms with Gasteiger partial charge in [-0.25, -0.2) is 4.79 Å². The number of aliphatic carboxylic acids is 1. The van der Waals surface area contributed by atoms with Gasteiger partial charge < -0.3 is 20.1 Å². The molecule has 2 rings (SSSR count). The molecule has 23 heavy (non-hydrogen) atoms. The first kappa shape index (κ1) is 18.0. The molecule has 2 N–H and O–H groups in total. The predicted molar refractivity (Wildman–Crippen MR) is 87.3 cm³/mol. The van der Waals surface area contributed by atoms with Crippen LogP contribution in [0, 0.1) is 5.92 Å². The number of carbonyl (C=O) groups excluding carboxylic acids is 1. The first-order valence-corrected chi connectivity index (χ1v) is 8.70. The van der Waals surface area contributed by atoms with Gasteiger partial charge in [-0.2, -0.15) is 0 Å². The Morgan fingerprint density at radius 2 is 1.61 bits per heavy atom. The summed E-state index contributed by atoms with van der Waals surface area (Å²) in [7, 11) is 0. The van der Waals surface area contributed by atoms with Crippen LogP contribution in [0.4, 0.5) is 4.79 Å². The molecule has 2 aliphatic rings. The number of carboxylic acids is 1. The average Bonchev–Trinajstić information content (AvgIpc) is 2.46. The van der Waals surface area contributed by atoms with E-state index < -0.39 is 5.97 Å². The summed E-state index contributed by atoms with van der Waals surface area (Å²) in [4.78, 5) is 25.1. The summed E-state index contributed by atoms with van der Waals surface area (Å²) >= 11 is 0. The van der Waals surface area contributed by atoms with Crippen molar-refractivity contribution in [1.82, 2.24) is 10.2 Å². The number of carboxylic acid groups (broad SMARTS) is 1. The van der Waals surface area contributed by atoms with Gasteiger partial charge >= 0.3 is 12.0 Å². The Labute approximate surface area is 138 Å². The van der Waals surface area contributed by atoms with Gasteiger partial charge in [0.2, 0.25) is 0 Å². The SMILES string of the molecule is CC(C)(C)OC1CCN(C(=O)NC2CCC(C(=O)O)CC2)CC1. The number of likely N-dealkylation sites (tertiary alicyclic amines) is 1. The molecule has 1 aliphatic heterocycles. The first-order chi connectivity index (χ1) is 10.7. The number of nitrogens with zero attached hydrogens (tertiary/aromatic N) is 1. The molecule has 0 unspecified atom stereocenters. The van der Waals surface area contributed by atoms with Gasteiger partial charge in [-0.1, -0.05) is 0 Å². The van der Waals surface area contributed by atoms with Crippen LogP contribution >= 0.6 is 0 Å². The van der Waals surface area contributed by atoms with Gasteiger partial charge in [0, 0.05) is 19.1 Å². The molecule has 0 aromatic carbocycles. The maximum Gasteiger partial charge on any atom is 0.317 e. The molecule has 0 aromatic rings. The van der Waals surface area contributed by atoms with Crippen LogP contribution in [-0.2, 0) is 9.53 Å². The van der Waals surface area contributed by atoms with Crippen molar-refractivity contribution < 1.29 is 19.4 Å². The average molecular weight is 326 g/mol. The van der Waals surface area contributed by atoms with Crippen molar-refractivity contribution in [1.29, 1.82) is 0 Å². The summed E-state index contributed by atoms with van der Waals surface area (Å²) in [5.41, 5.74) is -0.141. The molecule has 1 aliphatic carbocycles. The lowest BCUT2D eigenvalue weighted by atomic mass is 9.86. The number of carbonyl (C=O) groups is 2. The van der Waals surface area contributed by atoms with Crippen molar-refractivity contribution >= 4 is 12.0 Å². The molecule has 6 nitrogen and oxygen atoms in total. The van der Waals surface area contributed by atoms with E-state index >= 15 is 0 Å². The Hall–Kier alpha value is -1.30.